The quantitative estimate of drug-likeness (QED) is 0.720. The fraction of sp³-hybridized carbons (Fsp3) is 0.278. The molecule has 2 heterocycles. The highest BCUT2D eigenvalue weighted by Crippen LogP contribution is 2.32. The predicted molar refractivity (Wildman–Crippen MR) is 94.7 cm³/mol. The lowest BCUT2D eigenvalue weighted by molar-refractivity contribution is 0.586. The Hall–Kier alpha value is -2.34. The number of rotatable bonds is 2. The van der Waals surface area contributed by atoms with Gasteiger partial charge in [-0.1, -0.05) is 18.2 Å². The smallest absolute Gasteiger partial charge is 0.264 e. The third-order valence-electron chi connectivity index (χ3n) is 4.73. The van der Waals surface area contributed by atoms with Crippen molar-refractivity contribution in [1.82, 2.24) is 9.55 Å². The lowest BCUT2D eigenvalue weighted by Crippen LogP contribution is -2.35. The predicted octanol–water partition coefficient (Wildman–Crippen LogP) is 3.02. The second-order valence-electron chi connectivity index (χ2n) is 6.18. The van der Waals surface area contributed by atoms with Gasteiger partial charge in [0.15, 0.2) is 0 Å². The summed E-state index contributed by atoms with van der Waals surface area (Å²) in [5.41, 5.74) is 3.52. The summed E-state index contributed by atoms with van der Waals surface area (Å²) < 4.78 is 29.8. The fourth-order valence-corrected chi connectivity index (χ4v) is 4.90. The third-order valence-corrected chi connectivity index (χ3v) is 6.54. The SMILES string of the molecule is Cc1nc2cc(S(=O)(=O)N3CCCc4ccccc43)ccc2n1C. The summed E-state index contributed by atoms with van der Waals surface area (Å²) in [5, 5.41) is 0. The summed E-state index contributed by atoms with van der Waals surface area (Å²) in [6.07, 6.45) is 1.75. The van der Waals surface area contributed by atoms with E-state index in [-0.39, 0.29) is 0 Å². The molecule has 1 aliphatic rings. The van der Waals surface area contributed by atoms with E-state index in [1.54, 1.807) is 12.1 Å². The Bertz CT molecular complexity index is 1040. The van der Waals surface area contributed by atoms with Crippen LogP contribution in [0.1, 0.15) is 17.8 Å². The number of imidazole rings is 1. The van der Waals surface area contributed by atoms with Crippen molar-refractivity contribution < 1.29 is 8.42 Å². The van der Waals surface area contributed by atoms with Crippen LogP contribution in [0.2, 0.25) is 0 Å². The van der Waals surface area contributed by atoms with Gasteiger partial charge in [-0.25, -0.2) is 13.4 Å². The Morgan fingerprint density at radius 2 is 1.92 bits per heavy atom. The summed E-state index contributed by atoms with van der Waals surface area (Å²) in [7, 11) is -1.66. The first-order valence-corrected chi connectivity index (χ1v) is 9.46. The van der Waals surface area contributed by atoms with Gasteiger partial charge in [-0.2, -0.15) is 0 Å². The molecule has 6 heteroatoms. The molecule has 4 rings (SSSR count). The molecule has 0 amide bonds. The highest BCUT2D eigenvalue weighted by Gasteiger charge is 2.29. The number of fused-ring (bicyclic) bond motifs is 2. The molecule has 24 heavy (non-hydrogen) atoms. The number of para-hydroxylation sites is 1. The molecule has 0 fully saturated rings. The van der Waals surface area contributed by atoms with Crippen molar-refractivity contribution in [3.63, 3.8) is 0 Å². The van der Waals surface area contributed by atoms with E-state index in [9.17, 15) is 8.42 Å². The van der Waals surface area contributed by atoms with Crippen LogP contribution in [0.5, 0.6) is 0 Å². The van der Waals surface area contributed by atoms with Crippen LogP contribution in [0.15, 0.2) is 47.4 Å². The van der Waals surface area contributed by atoms with Crippen LogP contribution in [-0.4, -0.2) is 24.5 Å². The van der Waals surface area contributed by atoms with Gasteiger partial charge in [-0.15, -0.1) is 0 Å². The van der Waals surface area contributed by atoms with Gasteiger partial charge >= 0.3 is 0 Å². The number of benzene rings is 2. The van der Waals surface area contributed by atoms with Gasteiger partial charge in [0.25, 0.3) is 10.0 Å². The molecule has 3 aromatic rings. The zero-order valence-corrected chi connectivity index (χ0v) is 14.5. The molecule has 1 aromatic heterocycles. The Morgan fingerprint density at radius 3 is 2.75 bits per heavy atom. The van der Waals surface area contributed by atoms with Gasteiger partial charge in [-0.3, -0.25) is 4.31 Å². The molecule has 5 nitrogen and oxygen atoms in total. The minimum absolute atomic E-state index is 0.296. The van der Waals surface area contributed by atoms with Gasteiger partial charge in [0.2, 0.25) is 0 Å². The molecule has 0 saturated heterocycles. The van der Waals surface area contributed by atoms with Crippen molar-refractivity contribution in [2.24, 2.45) is 7.05 Å². The van der Waals surface area contributed by atoms with Crippen molar-refractivity contribution >= 4 is 26.7 Å². The summed E-state index contributed by atoms with van der Waals surface area (Å²) in [6.45, 7) is 2.42. The van der Waals surface area contributed by atoms with Crippen LogP contribution in [0.25, 0.3) is 11.0 Å². The van der Waals surface area contributed by atoms with Gasteiger partial charge in [0, 0.05) is 13.6 Å². The zero-order chi connectivity index (χ0) is 16.9. The maximum absolute atomic E-state index is 13.2. The summed E-state index contributed by atoms with van der Waals surface area (Å²) in [6, 6.07) is 12.9. The van der Waals surface area contributed by atoms with Crippen molar-refractivity contribution in [3.8, 4) is 0 Å². The maximum Gasteiger partial charge on any atom is 0.264 e. The van der Waals surface area contributed by atoms with Crippen molar-refractivity contribution in [1.29, 1.82) is 0 Å². The molecule has 0 atom stereocenters. The molecule has 0 N–H and O–H groups in total. The van der Waals surface area contributed by atoms with E-state index < -0.39 is 10.0 Å². The number of aromatic nitrogens is 2. The number of hydrogen-bond acceptors (Lipinski definition) is 3. The lowest BCUT2D eigenvalue weighted by Gasteiger charge is -2.30. The van der Waals surface area contributed by atoms with Crippen LogP contribution < -0.4 is 4.31 Å². The first-order valence-electron chi connectivity index (χ1n) is 8.02. The number of sulfonamides is 1. The Kier molecular flexibility index (Phi) is 3.38. The van der Waals surface area contributed by atoms with Crippen LogP contribution in [0.3, 0.4) is 0 Å². The highest BCUT2D eigenvalue weighted by molar-refractivity contribution is 7.92. The van der Waals surface area contributed by atoms with Crippen LogP contribution in [0, 0.1) is 6.92 Å². The molecule has 0 bridgehead atoms. The molecule has 0 aliphatic carbocycles. The topological polar surface area (TPSA) is 55.2 Å². The molecular formula is C18H19N3O2S. The third kappa shape index (κ3) is 2.21. The minimum Gasteiger partial charge on any atom is -0.331 e. The standard InChI is InChI=1S/C18H19N3O2S/c1-13-19-16-12-15(9-10-18(16)20(13)2)24(22,23)21-11-5-7-14-6-3-4-8-17(14)21/h3-4,6,8-10,12H,5,7,11H2,1-2H3. The van der Waals surface area contributed by atoms with Gasteiger partial charge in [0.05, 0.1) is 21.6 Å². The van der Waals surface area contributed by atoms with Crippen molar-refractivity contribution in [3.05, 3.63) is 53.9 Å². The highest BCUT2D eigenvalue weighted by atomic mass is 32.2. The average molecular weight is 341 g/mol. The van der Waals surface area contributed by atoms with E-state index in [0.717, 1.165) is 35.4 Å². The van der Waals surface area contributed by atoms with Gasteiger partial charge in [-0.05, 0) is 49.6 Å². The van der Waals surface area contributed by atoms with Gasteiger partial charge in [0.1, 0.15) is 5.82 Å². The van der Waals surface area contributed by atoms with Crippen molar-refractivity contribution in [2.45, 2.75) is 24.7 Å². The molecule has 0 spiro atoms. The molecular weight excluding hydrogens is 322 g/mol. The van der Waals surface area contributed by atoms with E-state index in [2.05, 4.69) is 4.98 Å². The molecule has 124 valence electrons. The van der Waals surface area contributed by atoms with E-state index in [1.165, 1.54) is 4.31 Å². The number of hydrogen-bond donors (Lipinski definition) is 0. The average Bonchev–Trinajstić information content (AvgIpc) is 2.88. The largest absolute Gasteiger partial charge is 0.331 e. The summed E-state index contributed by atoms with van der Waals surface area (Å²) in [5.74, 6) is 0.864. The second-order valence-corrected chi connectivity index (χ2v) is 8.04. The lowest BCUT2D eigenvalue weighted by atomic mass is 10.0. The Labute approximate surface area is 141 Å². The van der Waals surface area contributed by atoms with Crippen LogP contribution >= 0.6 is 0 Å². The number of anilines is 1. The zero-order valence-electron chi connectivity index (χ0n) is 13.7. The Balaban J connectivity index is 1.84. The molecule has 0 saturated carbocycles. The van der Waals surface area contributed by atoms with E-state index in [0.29, 0.717) is 17.0 Å². The molecule has 0 radical (unpaired) electrons. The van der Waals surface area contributed by atoms with E-state index in [4.69, 9.17) is 0 Å². The monoisotopic (exact) mass is 341 g/mol. The molecule has 1 aliphatic heterocycles. The summed E-state index contributed by atoms with van der Waals surface area (Å²) >= 11 is 0. The van der Waals surface area contributed by atoms with Crippen molar-refractivity contribution in [2.75, 3.05) is 10.8 Å². The normalized spacial score (nSPS) is 14.8. The minimum atomic E-state index is -3.59. The van der Waals surface area contributed by atoms with Crippen LogP contribution in [-0.2, 0) is 23.5 Å². The van der Waals surface area contributed by atoms with E-state index >= 15 is 0 Å². The number of aryl methyl sites for hydroxylation is 3. The first kappa shape index (κ1) is 15.2. The summed E-state index contributed by atoms with van der Waals surface area (Å²) in [4.78, 5) is 4.75. The second kappa shape index (κ2) is 5.34. The number of nitrogens with zero attached hydrogens (tertiary/aromatic N) is 3. The molecule has 2 aromatic carbocycles. The molecule has 0 unspecified atom stereocenters. The van der Waals surface area contributed by atoms with Gasteiger partial charge < -0.3 is 4.57 Å². The maximum atomic E-state index is 13.2. The van der Waals surface area contributed by atoms with Crippen LogP contribution in [0.4, 0.5) is 5.69 Å². The Morgan fingerprint density at radius 1 is 1.12 bits per heavy atom. The fourth-order valence-electron chi connectivity index (χ4n) is 3.34. The van der Waals surface area contributed by atoms with E-state index in [1.807, 2.05) is 48.9 Å². The first-order chi connectivity index (χ1) is 11.5.